The molecule has 1 aliphatic heterocycles. The molecular formula is C18H28N2O. The zero-order chi connectivity index (χ0) is 15.0. The Kier molecular flexibility index (Phi) is 3.98. The minimum Gasteiger partial charge on any atom is -0.508 e. The SMILES string of the molecule is CC(C)C1CN(Cc2cccc(O)c2)C(C)(C2CC2)CN1. The number of benzene rings is 1. The molecule has 1 aromatic carbocycles. The van der Waals surface area contributed by atoms with Gasteiger partial charge in [-0.25, -0.2) is 0 Å². The maximum Gasteiger partial charge on any atom is 0.115 e. The van der Waals surface area contributed by atoms with E-state index in [-0.39, 0.29) is 5.54 Å². The monoisotopic (exact) mass is 288 g/mol. The summed E-state index contributed by atoms with van der Waals surface area (Å²) in [6.45, 7) is 10.1. The van der Waals surface area contributed by atoms with Crippen LogP contribution in [-0.4, -0.2) is 34.7 Å². The first-order valence-corrected chi connectivity index (χ1v) is 8.25. The number of phenolic OH excluding ortho intramolecular Hbond substituents is 1. The molecule has 2 aliphatic rings. The molecule has 0 amide bonds. The third-order valence-corrected chi connectivity index (χ3v) is 5.41. The number of rotatable bonds is 4. The molecule has 2 fully saturated rings. The highest BCUT2D eigenvalue weighted by molar-refractivity contribution is 5.27. The standard InChI is InChI=1S/C18H28N2O/c1-13(2)17-11-20(10-14-5-4-6-16(21)9-14)18(3,12-19-17)15-7-8-15/h4-6,9,13,15,17,19,21H,7-8,10-12H2,1-3H3. The van der Waals surface area contributed by atoms with E-state index < -0.39 is 0 Å². The second-order valence-electron chi connectivity index (χ2n) is 7.41. The van der Waals surface area contributed by atoms with Gasteiger partial charge in [0.2, 0.25) is 0 Å². The summed E-state index contributed by atoms with van der Waals surface area (Å²) in [6.07, 6.45) is 2.72. The summed E-state index contributed by atoms with van der Waals surface area (Å²) in [4.78, 5) is 2.65. The molecule has 2 N–H and O–H groups in total. The van der Waals surface area contributed by atoms with Gasteiger partial charge < -0.3 is 10.4 Å². The summed E-state index contributed by atoms with van der Waals surface area (Å²) in [7, 11) is 0. The first kappa shape index (κ1) is 14.9. The minimum atomic E-state index is 0.261. The van der Waals surface area contributed by atoms with Gasteiger partial charge in [-0.2, -0.15) is 0 Å². The quantitative estimate of drug-likeness (QED) is 0.894. The summed E-state index contributed by atoms with van der Waals surface area (Å²) < 4.78 is 0. The zero-order valence-corrected chi connectivity index (χ0v) is 13.5. The topological polar surface area (TPSA) is 35.5 Å². The summed E-state index contributed by atoms with van der Waals surface area (Å²) in [5, 5.41) is 13.5. The molecular weight excluding hydrogens is 260 g/mol. The number of piperazine rings is 1. The highest BCUT2D eigenvalue weighted by Gasteiger charge is 2.48. The van der Waals surface area contributed by atoms with E-state index in [1.54, 1.807) is 6.07 Å². The molecule has 0 radical (unpaired) electrons. The molecule has 3 rings (SSSR count). The number of aromatic hydroxyl groups is 1. The van der Waals surface area contributed by atoms with Crippen molar-refractivity contribution in [2.75, 3.05) is 13.1 Å². The van der Waals surface area contributed by atoms with Crippen LogP contribution in [0, 0.1) is 11.8 Å². The second-order valence-corrected chi connectivity index (χ2v) is 7.41. The van der Waals surface area contributed by atoms with E-state index in [2.05, 4.69) is 37.1 Å². The Labute approximate surface area is 128 Å². The third kappa shape index (κ3) is 3.09. The van der Waals surface area contributed by atoms with Gasteiger partial charge in [0, 0.05) is 31.2 Å². The highest BCUT2D eigenvalue weighted by atomic mass is 16.3. The van der Waals surface area contributed by atoms with Gasteiger partial charge in [0.15, 0.2) is 0 Å². The van der Waals surface area contributed by atoms with Gasteiger partial charge in [0.25, 0.3) is 0 Å². The van der Waals surface area contributed by atoms with Crippen LogP contribution in [0.5, 0.6) is 5.75 Å². The van der Waals surface area contributed by atoms with Crippen molar-refractivity contribution >= 4 is 0 Å². The fraction of sp³-hybridized carbons (Fsp3) is 0.667. The van der Waals surface area contributed by atoms with Crippen molar-refractivity contribution in [2.24, 2.45) is 11.8 Å². The zero-order valence-electron chi connectivity index (χ0n) is 13.5. The Balaban J connectivity index is 1.79. The first-order valence-electron chi connectivity index (χ1n) is 8.25. The Bertz CT molecular complexity index is 498. The molecule has 116 valence electrons. The van der Waals surface area contributed by atoms with Crippen LogP contribution in [0.4, 0.5) is 0 Å². The maximum absolute atomic E-state index is 9.70. The van der Waals surface area contributed by atoms with Gasteiger partial charge in [-0.1, -0.05) is 26.0 Å². The Morgan fingerprint density at radius 2 is 2.14 bits per heavy atom. The number of nitrogens with zero attached hydrogens (tertiary/aromatic N) is 1. The fourth-order valence-electron chi connectivity index (χ4n) is 3.63. The lowest BCUT2D eigenvalue weighted by atomic mass is 9.87. The number of nitrogens with one attached hydrogen (secondary N) is 1. The van der Waals surface area contributed by atoms with Gasteiger partial charge in [0.1, 0.15) is 5.75 Å². The van der Waals surface area contributed by atoms with Crippen LogP contribution in [-0.2, 0) is 6.54 Å². The molecule has 3 heteroatoms. The van der Waals surface area contributed by atoms with E-state index in [1.807, 2.05) is 12.1 Å². The molecule has 0 aromatic heterocycles. The van der Waals surface area contributed by atoms with E-state index in [0.29, 0.717) is 17.7 Å². The van der Waals surface area contributed by atoms with E-state index in [1.165, 1.54) is 18.4 Å². The summed E-state index contributed by atoms with van der Waals surface area (Å²) in [5.41, 5.74) is 1.47. The van der Waals surface area contributed by atoms with Crippen molar-refractivity contribution in [1.29, 1.82) is 0 Å². The molecule has 1 aliphatic carbocycles. The van der Waals surface area contributed by atoms with Crippen LogP contribution < -0.4 is 5.32 Å². The molecule has 1 aromatic rings. The van der Waals surface area contributed by atoms with Gasteiger partial charge in [-0.15, -0.1) is 0 Å². The smallest absolute Gasteiger partial charge is 0.115 e. The van der Waals surface area contributed by atoms with E-state index in [0.717, 1.165) is 25.6 Å². The average Bonchev–Trinajstić information content (AvgIpc) is 3.26. The molecule has 2 atom stereocenters. The van der Waals surface area contributed by atoms with E-state index in [9.17, 15) is 5.11 Å². The van der Waals surface area contributed by atoms with Gasteiger partial charge in [-0.3, -0.25) is 4.90 Å². The van der Waals surface area contributed by atoms with Crippen LogP contribution in [0.15, 0.2) is 24.3 Å². The van der Waals surface area contributed by atoms with Crippen molar-refractivity contribution in [1.82, 2.24) is 10.2 Å². The molecule has 1 heterocycles. The largest absolute Gasteiger partial charge is 0.508 e. The van der Waals surface area contributed by atoms with Gasteiger partial charge >= 0.3 is 0 Å². The number of hydrogen-bond acceptors (Lipinski definition) is 3. The van der Waals surface area contributed by atoms with Crippen molar-refractivity contribution in [3.8, 4) is 5.75 Å². The first-order chi connectivity index (χ1) is 9.99. The molecule has 0 spiro atoms. The lowest BCUT2D eigenvalue weighted by Crippen LogP contribution is -2.65. The molecule has 21 heavy (non-hydrogen) atoms. The predicted octanol–water partition coefficient (Wildman–Crippen LogP) is 2.99. The summed E-state index contributed by atoms with van der Waals surface area (Å²) in [6, 6.07) is 8.28. The summed E-state index contributed by atoms with van der Waals surface area (Å²) >= 11 is 0. The molecule has 1 saturated heterocycles. The molecule has 0 bridgehead atoms. The minimum absolute atomic E-state index is 0.261. The van der Waals surface area contributed by atoms with E-state index in [4.69, 9.17) is 0 Å². The normalized spacial score (nSPS) is 30.8. The average molecular weight is 288 g/mol. The maximum atomic E-state index is 9.70. The Morgan fingerprint density at radius 1 is 1.38 bits per heavy atom. The summed E-state index contributed by atoms with van der Waals surface area (Å²) in [5.74, 6) is 1.85. The predicted molar refractivity (Wildman–Crippen MR) is 86.3 cm³/mol. The van der Waals surface area contributed by atoms with Crippen LogP contribution in [0.2, 0.25) is 0 Å². The van der Waals surface area contributed by atoms with Crippen molar-refractivity contribution < 1.29 is 5.11 Å². The Hall–Kier alpha value is -1.06. The molecule has 1 saturated carbocycles. The highest BCUT2D eigenvalue weighted by Crippen LogP contribution is 2.44. The fourth-order valence-corrected chi connectivity index (χ4v) is 3.63. The van der Waals surface area contributed by atoms with Crippen molar-refractivity contribution in [3.05, 3.63) is 29.8 Å². The number of hydrogen-bond donors (Lipinski definition) is 2. The lowest BCUT2D eigenvalue weighted by Gasteiger charge is -2.49. The Morgan fingerprint density at radius 3 is 2.76 bits per heavy atom. The molecule has 3 nitrogen and oxygen atoms in total. The van der Waals surface area contributed by atoms with Crippen LogP contribution in [0.3, 0.4) is 0 Å². The lowest BCUT2D eigenvalue weighted by molar-refractivity contribution is 0.0186. The van der Waals surface area contributed by atoms with Crippen molar-refractivity contribution in [3.63, 3.8) is 0 Å². The van der Waals surface area contributed by atoms with E-state index >= 15 is 0 Å². The van der Waals surface area contributed by atoms with Gasteiger partial charge in [0.05, 0.1) is 0 Å². The van der Waals surface area contributed by atoms with Crippen LogP contribution in [0.1, 0.15) is 39.2 Å². The van der Waals surface area contributed by atoms with Crippen LogP contribution in [0.25, 0.3) is 0 Å². The second kappa shape index (κ2) is 5.62. The third-order valence-electron chi connectivity index (χ3n) is 5.41. The molecule has 2 unspecified atom stereocenters. The van der Waals surface area contributed by atoms with Crippen LogP contribution >= 0.6 is 0 Å². The van der Waals surface area contributed by atoms with Gasteiger partial charge in [-0.05, 0) is 49.3 Å². The number of phenols is 1. The van der Waals surface area contributed by atoms with Crippen molar-refractivity contribution in [2.45, 2.75) is 51.7 Å².